The van der Waals surface area contributed by atoms with E-state index in [0.29, 0.717) is 0 Å². The molecule has 0 saturated heterocycles. The first-order valence-electron chi connectivity index (χ1n) is 3.19. The van der Waals surface area contributed by atoms with Crippen molar-refractivity contribution in [2.45, 2.75) is 0 Å². The quantitative estimate of drug-likeness (QED) is 0.693. The maximum atomic E-state index is 12.7. The van der Waals surface area contributed by atoms with Crippen molar-refractivity contribution in [3.63, 3.8) is 0 Å². The molecule has 0 spiro atoms. The summed E-state index contributed by atoms with van der Waals surface area (Å²) in [6.45, 7) is 0. The van der Waals surface area contributed by atoms with Gasteiger partial charge in [-0.15, -0.1) is 0 Å². The van der Waals surface area contributed by atoms with Crippen LogP contribution in [-0.2, 0) is 0 Å². The van der Waals surface area contributed by atoms with Gasteiger partial charge in [-0.3, -0.25) is 0 Å². The minimum absolute atomic E-state index is 0.210. The summed E-state index contributed by atoms with van der Waals surface area (Å²) in [5, 5.41) is 0.880. The molecule has 1 N–H and O–H groups in total. The van der Waals surface area contributed by atoms with Gasteiger partial charge in [-0.05, 0) is 34.1 Å². The van der Waals surface area contributed by atoms with Gasteiger partial charge in [-0.1, -0.05) is 0 Å². The van der Waals surface area contributed by atoms with E-state index in [-0.39, 0.29) is 5.82 Å². The lowest BCUT2D eigenvalue weighted by Crippen LogP contribution is -1.71. The third-order valence-corrected chi connectivity index (χ3v) is 2.25. The Bertz CT molecular complexity index is 394. The van der Waals surface area contributed by atoms with Crippen LogP contribution in [0, 0.1) is 5.82 Å². The topological polar surface area (TPSA) is 15.8 Å². The van der Waals surface area contributed by atoms with Crippen LogP contribution in [0.1, 0.15) is 0 Å². The maximum absolute atomic E-state index is 12.7. The van der Waals surface area contributed by atoms with Crippen LogP contribution in [0.3, 0.4) is 0 Å². The molecule has 3 heteroatoms. The zero-order chi connectivity index (χ0) is 7.84. The van der Waals surface area contributed by atoms with E-state index in [1.54, 1.807) is 12.3 Å². The van der Waals surface area contributed by atoms with E-state index in [1.165, 1.54) is 12.1 Å². The van der Waals surface area contributed by atoms with Gasteiger partial charge < -0.3 is 4.98 Å². The summed E-state index contributed by atoms with van der Waals surface area (Å²) in [4.78, 5) is 3.00. The molecule has 0 unspecified atom stereocenters. The number of halogens is 2. The smallest absolute Gasteiger partial charge is 0.123 e. The van der Waals surface area contributed by atoms with Gasteiger partial charge in [-0.2, -0.15) is 0 Å². The minimum atomic E-state index is -0.210. The fraction of sp³-hybridized carbons (Fsp3) is 0. The second-order valence-electron chi connectivity index (χ2n) is 2.33. The maximum Gasteiger partial charge on any atom is 0.123 e. The molecule has 0 bridgehead atoms. The summed E-state index contributed by atoms with van der Waals surface area (Å²) in [5.41, 5.74) is 0.943. The molecule has 0 atom stereocenters. The van der Waals surface area contributed by atoms with E-state index >= 15 is 0 Å². The molecular weight excluding hydrogens is 209 g/mol. The van der Waals surface area contributed by atoms with Crippen LogP contribution < -0.4 is 0 Å². The van der Waals surface area contributed by atoms with Crippen LogP contribution in [0.15, 0.2) is 28.9 Å². The number of rotatable bonds is 0. The Morgan fingerprint density at radius 1 is 1.36 bits per heavy atom. The molecule has 0 aliphatic carbocycles. The summed E-state index contributed by atoms with van der Waals surface area (Å²) in [6, 6.07) is 4.65. The van der Waals surface area contributed by atoms with Gasteiger partial charge in [0.15, 0.2) is 0 Å². The second-order valence-corrected chi connectivity index (χ2v) is 3.18. The molecule has 1 nitrogen and oxygen atoms in total. The van der Waals surface area contributed by atoms with E-state index in [9.17, 15) is 4.39 Å². The van der Waals surface area contributed by atoms with E-state index in [2.05, 4.69) is 20.9 Å². The number of aromatic amines is 1. The Morgan fingerprint density at radius 3 is 3.00 bits per heavy atom. The fourth-order valence-corrected chi connectivity index (χ4v) is 1.50. The molecule has 0 radical (unpaired) electrons. The number of hydrogen-bond donors (Lipinski definition) is 1. The lowest BCUT2D eigenvalue weighted by molar-refractivity contribution is 0.629. The highest BCUT2D eigenvalue weighted by molar-refractivity contribution is 9.10. The molecule has 0 fully saturated rings. The Labute approximate surface area is 71.4 Å². The van der Waals surface area contributed by atoms with Crippen LogP contribution >= 0.6 is 15.9 Å². The average molecular weight is 214 g/mol. The largest absolute Gasteiger partial charge is 0.360 e. The van der Waals surface area contributed by atoms with Crippen molar-refractivity contribution in [1.82, 2.24) is 4.98 Å². The molecule has 0 aliphatic heterocycles. The highest BCUT2D eigenvalue weighted by Gasteiger charge is 2.00. The normalized spacial score (nSPS) is 10.7. The predicted octanol–water partition coefficient (Wildman–Crippen LogP) is 3.07. The molecule has 0 aliphatic rings. The minimum Gasteiger partial charge on any atom is -0.360 e. The number of H-pyrrole nitrogens is 1. The molecule has 1 aromatic carbocycles. The van der Waals surface area contributed by atoms with E-state index in [0.717, 1.165) is 15.4 Å². The molecule has 0 amide bonds. The first-order chi connectivity index (χ1) is 5.27. The molecule has 1 heterocycles. The molecule has 11 heavy (non-hydrogen) atoms. The lowest BCUT2D eigenvalue weighted by atomic mass is 10.2. The molecule has 1 aromatic heterocycles. The lowest BCUT2D eigenvalue weighted by Gasteiger charge is -1.89. The summed E-state index contributed by atoms with van der Waals surface area (Å²) in [6.07, 6.45) is 1.80. The van der Waals surface area contributed by atoms with Gasteiger partial charge in [0.2, 0.25) is 0 Å². The van der Waals surface area contributed by atoms with Crippen LogP contribution in [0.4, 0.5) is 4.39 Å². The number of benzene rings is 1. The Kier molecular flexibility index (Phi) is 1.46. The Morgan fingerprint density at radius 2 is 2.18 bits per heavy atom. The highest BCUT2D eigenvalue weighted by atomic mass is 79.9. The van der Waals surface area contributed by atoms with Crippen molar-refractivity contribution in [2.75, 3.05) is 0 Å². The molecule has 0 saturated carbocycles. The van der Waals surface area contributed by atoms with Crippen LogP contribution in [0.2, 0.25) is 0 Å². The number of fused-ring (bicyclic) bond motifs is 1. The van der Waals surface area contributed by atoms with Gasteiger partial charge in [-0.25, -0.2) is 4.39 Å². The third kappa shape index (κ3) is 1.05. The first kappa shape index (κ1) is 6.85. The summed E-state index contributed by atoms with van der Waals surface area (Å²) < 4.78 is 13.6. The second kappa shape index (κ2) is 2.34. The van der Waals surface area contributed by atoms with Gasteiger partial charge >= 0.3 is 0 Å². The van der Waals surface area contributed by atoms with Crippen LogP contribution in [0.25, 0.3) is 10.9 Å². The summed E-state index contributed by atoms with van der Waals surface area (Å²) in [7, 11) is 0. The van der Waals surface area contributed by atoms with E-state index < -0.39 is 0 Å². The average Bonchev–Trinajstić information content (AvgIpc) is 2.33. The number of hydrogen-bond acceptors (Lipinski definition) is 0. The molecule has 2 aromatic rings. The van der Waals surface area contributed by atoms with Crippen LogP contribution in [-0.4, -0.2) is 4.98 Å². The van der Waals surface area contributed by atoms with Gasteiger partial charge in [0.1, 0.15) is 5.82 Å². The molecule has 56 valence electrons. The number of aromatic nitrogens is 1. The molecule has 2 rings (SSSR count). The Balaban J connectivity index is 2.87. The monoisotopic (exact) mass is 213 g/mol. The zero-order valence-corrected chi connectivity index (χ0v) is 7.15. The van der Waals surface area contributed by atoms with Crippen molar-refractivity contribution in [2.24, 2.45) is 0 Å². The van der Waals surface area contributed by atoms with Gasteiger partial charge in [0.25, 0.3) is 0 Å². The fourth-order valence-electron chi connectivity index (χ4n) is 1.06. The van der Waals surface area contributed by atoms with Gasteiger partial charge in [0, 0.05) is 21.6 Å². The van der Waals surface area contributed by atoms with E-state index in [4.69, 9.17) is 0 Å². The van der Waals surface area contributed by atoms with Crippen molar-refractivity contribution in [1.29, 1.82) is 0 Å². The summed E-state index contributed by atoms with van der Waals surface area (Å²) >= 11 is 3.30. The Hall–Kier alpha value is -0.830. The zero-order valence-electron chi connectivity index (χ0n) is 5.57. The first-order valence-corrected chi connectivity index (χ1v) is 3.99. The van der Waals surface area contributed by atoms with Crippen molar-refractivity contribution >= 4 is 26.8 Å². The van der Waals surface area contributed by atoms with Gasteiger partial charge in [0.05, 0.1) is 0 Å². The molecular formula is C8H5BrFN. The number of nitrogens with one attached hydrogen (secondary N) is 1. The highest BCUT2D eigenvalue weighted by Crippen LogP contribution is 2.23. The summed E-state index contributed by atoms with van der Waals surface area (Å²) in [5.74, 6) is -0.210. The van der Waals surface area contributed by atoms with E-state index in [1.807, 2.05) is 0 Å². The van der Waals surface area contributed by atoms with Crippen molar-refractivity contribution in [3.8, 4) is 0 Å². The predicted molar refractivity (Wildman–Crippen MR) is 46.0 cm³/mol. The van der Waals surface area contributed by atoms with Crippen LogP contribution in [0.5, 0.6) is 0 Å². The third-order valence-electron chi connectivity index (χ3n) is 1.59. The van der Waals surface area contributed by atoms with Crippen molar-refractivity contribution < 1.29 is 4.39 Å². The SMILES string of the molecule is Fc1ccc2[nH]cc(Br)c2c1. The standard InChI is InChI=1S/C8H5BrFN/c9-7-4-11-8-2-1-5(10)3-6(7)8/h1-4,11H. The van der Waals surface area contributed by atoms with Crippen molar-refractivity contribution in [3.05, 3.63) is 34.7 Å².